The first-order chi connectivity index (χ1) is 16.0. The van der Waals surface area contributed by atoms with Gasteiger partial charge in [0.15, 0.2) is 17.6 Å². The van der Waals surface area contributed by atoms with Crippen molar-refractivity contribution in [3.8, 4) is 11.5 Å². The second-order valence-corrected chi connectivity index (χ2v) is 9.29. The Morgan fingerprint density at radius 3 is 2.47 bits per heavy atom. The molecule has 0 fully saturated rings. The molecule has 0 aromatic heterocycles. The van der Waals surface area contributed by atoms with Gasteiger partial charge in [-0.1, -0.05) is 31.2 Å². The normalized spacial score (nSPS) is 18.4. The molecule has 0 spiro atoms. The standard InChI is InChI=1S/C27H38O7/c1-10-26(3,4)34-27(5,6)24-17-32-22-14-12-19(15-23(22)33-24)11-13-21(30-8)18(2)20(16-29-7)25(28)31-9/h10-16,18,21,24H,1,17H2,2-9H3/b13-11+,20-16+/t18-,21+,24-/m0/s1. The van der Waals surface area contributed by atoms with Crippen LogP contribution < -0.4 is 9.47 Å². The zero-order chi connectivity index (χ0) is 25.5. The number of fused-ring (bicyclic) bond motifs is 1. The molecule has 0 unspecified atom stereocenters. The van der Waals surface area contributed by atoms with Gasteiger partial charge >= 0.3 is 5.97 Å². The third-order valence-electron chi connectivity index (χ3n) is 5.82. The Morgan fingerprint density at radius 1 is 1.18 bits per heavy atom. The predicted molar refractivity (Wildman–Crippen MR) is 132 cm³/mol. The number of esters is 1. The zero-order valence-electron chi connectivity index (χ0n) is 21.5. The van der Waals surface area contributed by atoms with Crippen LogP contribution in [0.3, 0.4) is 0 Å². The summed E-state index contributed by atoms with van der Waals surface area (Å²) in [6.45, 7) is 14.0. The topological polar surface area (TPSA) is 72.5 Å². The van der Waals surface area contributed by atoms with Crippen molar-refractivity contribution in [2.24, 2.45) is 5.92 Å². The van der Waals surface area contributed by atoms with Crippen LogP contribution in [-0.2, 0) is 23.7 Å². The van der Waals surface area contributed by atoms with Crippen LogP contribution in [0.2, 0.25) is 0 Å². The van der Waals surface area contributed by atoms with Crippen molar-refractivity contribution >= 4 is 12.0 Å². The minimum Gasteiger partial charge on any atom is -0.504 e. The fourth-order valence-corrected chi connectivity index (χ4v) is 3.74. The summed E-state index contributed by atoms with van der Waals surface area (Å²) in [5.74, 6) is 0.573. The van der Waals surface area contributed by atoms with Crippen LogP contribution in [0.5, 0.6) is 11.5 Å². The molecule has 0 radical (unpaired) electrons. The number of hydrogen-bond donors (Lipinski definition) is 0. The molecule has 7 nitrogen and oxygen atoms in total. The maximum absolute atomic E-state index is 12.1. The van der Waals surface area contributed by atoms with Crippen LogP contribution in [0.25, 0.3) is 6.08 Å². The van der Waals surface area contributed by atoms with Crippen LogP contribution in [0.15, 0.2) is 48.8 Å². The molecular weight excluding hydrogens is 436 g/mol. The van der Waals surface area contributed by atoms with Crippen molar-refractivity contribution in [3.05, 3.63) is 54.3 Å². The Hall–Kier alpha value is -2.77. The summed E-state index contributed by atoms with van der Waals surface area (Å²) in [5, 5.41) is 0. The first-order valence-corrected chi connectivity index (χ1v) is 11.3. The van der Waals surface area contributed by atoms with Crippen LogP contribution in [-0.4, -0.2) is 57.3 Å². The number of methoxy groups -OCH3 is 3. The van der Waals surface area contributed by atoms with Crippen molar-refractivity contribution in [3.63, 3.8) is 0 Å². The van der Waals surface area contributed by atoms with Gasteiger partial charge < -0.3 is 28.4 Å². The number of carbonyl (C=O) groups is 1. The molecular formula is C27H38O7. The molecule has 3 atom stereocenters. The lowest BCUT2D eigenvalue weighted by Crippen LogP contribution is -2.51. The molecule has 7 heteroatoms. The number of rotatable bonds is 11. The molecule has 2 rings (SSSR count). The van der Waals surface area contributed by atoms with Crippen LogP contribution >= 0.6 is 0 Å². The lowest BCUT2D eigenvalue weighted by atomic mass is 9.95. The van der Waals surface area contributed by atoms with E-state index in [4.69, 9.17) is 28.4 Å². The zero-order valence-corrected chi connectivity index (χ0v) is 21.5. The minimum atomic E-state index is -0.601. The Kier molecular flexibility index (Phi) is 9.36. The molecule has 0 aliphatic carbocycles. The van der Waals surface area contributed by atoms with Gasteiger partial charge in [-0.25, -0.2) is 4.79 Å². The number of hydrogen-bond acceptors (Lipinski definition) is 7. The fraction of sp³-hybridized carbons (Fsp3) is 0.519. The monoisotopic (exact) mass is 474 g/mol. The third kappa shape index (κ3) is 6.87. The fourth-order valence-electron chi connectivity index (χ4n) is 3.74. The molecule has 1 aliphatic heterocycles. The summed E-state index contributed by atoms with van der Waals surface area (Å²) < 4.78 is 34.0. The molecule has 1 heterocycles. The highest BCUT2D eigenvalue weighted by Gasteiger charge is 2.39. The molecule has 0 bridgehead atoms. The summed E-state index contributed by atoms with van der Waals surface area (Å²) >= 11 is 0. The highest BCUT2D eigenvalue weighted by Crippen LogP contribution is 2.37. The van der Waals surface area contributed by atoms with E-state index in [0.29, 0.717) is 23.7 Å². The number of benzene rings is 1. The van der Waals surface area contributed by atoms with Crippen molar-refractivity contribution in [2.75, 3.05) is 27.9 Å². The molecule has 1 aliphatic rings. The van der Waals surface area contributed by atoms with Crippen LogP contribution in [0.1, 0.15) is 40.2 Å². The summed E-state index contributed by atoms with van der Waals surface area (Å²) in [4.78, 5) is 12.1. The van der Waals surface area contributed by atoms with E-state index < -0.39 is 17.2 Å². The van der Waals surface area contributed by atoms with Gasteiger partial charge in [0.2, 0.25) is 0 Å². The maximum Gasteiger partial charge on any atom is 0.337 e. The summed E-state index contributed by atoms with van der Waals surface area (Å²) in [7, 11) is 4.41. The van der Waals surface area contributed by atoms with E-state index in [0.717, 1.165) is 5.56 Å². The van der Waals surface area contributed by atoms with Gasteiger partial charge in [-0.3, -0.25) is 0 Å². The minimum absolute atomic E-state index is 0.290. The molecule has 0 N–H and O–H groups in total. The SMILES string of the molecule is C=CC(C)(C)OC(C)(C)[C@@H]1COc2ccc(/C=C/[C@@H](OC)[C@@H](C)/C(=C\OC)C(=O)OC)cc2O1. The highest BCUT2D eigenvalue weighted by atomic mass is 16.6. The summed E-state index contributed by atoms with van der Waals surface area (Å²) in [5.41, 5.74) is 0.188. The van der Waals surface area contributed by atoms with Gasteiger partial charge in [0.05, 0.1) is 37.8 Å². The van der Waals surface area contributed by atoms with E-state index in [1.165, 1.54) is 20.5 Å². The van der Waals surface area contributed by atoms with Gasteiger partial charge in [0.25, 0.3) is 0 Å². The van der Waals surface area contributed by atoms with E-state index >= 15 is 0 Å². The second-order valence-electron chi connectivity index (χ2n) is 9.29. The molecule has 1 aromatic carbocycles. The first kappa shape index (κ1) is 27.5. The van der Waals surface area contributed by atoms with Crippen molar-refractivity contribution < 1.29 is 33.2 Å². The largest absolute Gasteiger partial charge is 0.504 e. The summed E-state index contributed by atoms with van der Waals surface area (Å²) in [6.07, 6.45) is 6.29. The van der Waals surface area contributed by atoms with Crippen molar-refractivity contribution in [1.82, 2.24) is 0 Å². The van der Waals surface area contributed by atoms with Gasteiger partial charge in [0, 0.05) is 13.0 Å². The van der Waals surface area contributed by atoms with Crippen molar-refractivity contribution in [1.29, 1.82) is 0 Å². The molecule has 1 aromatic rings. The Labute approximate surface area is 203 Å². The lowest BCUT2D eigenvalue weighted by Gasteiger charge is -2.41. The molecule has 34 heavy (non-hydrogen) atoms. The second kappa shape index (κ2) is 11.6. The number of ether oxygens (including phenoxy) is 6. The third-order valence-corrected chi connectivity index (χ3v) is 5.82. The van der Waals surface area contributed by atoms with E-state index in [1.54, 1.807) is 13.2 Å². The molecule has 0 saturated carbocycles. The van der Waals surface area contributed by atoms with Crippen LogP contribution in [0, 0.1) is 5.92 Å². The number of carbonyl (C=O) groups excluding carboxylic acids is 1. The first-order valence-electron chi connectivity index (χ1n) is 11.3. The Morgan fingerprint density at radius 2 is 1.88 bits per heavy atom. The van der Waals surface area contributed by atoms with Crippen molar-refractivity contribution in [2.45, 2.75) is 58.0 Å². The quantitative estimate of drug-likeness (QED) is 0.194. The molecule has 188 valence electrons. The Balaban J connectivity index is 2.21. The molecule has 0 amide bonds. The lowest BCUT2D eigenvalue weighted by molar-refractivity contribution is -0.158. The van der Waals surface area contributed by atoms with Crippen LogP contribution in [0.4, 0.5) is 0 Å². The van der Waals surface area contributed by atoms with E-state index in [9.17, 15) is 4.79 Å². The van der Waals surface area contributed by atoms with E-state index in [2.05, 4.69) is 6.58 Å². The van der Waals surface area contributed by atoms with Gasteiger partial charge in [0.1, 0.15) is 12.2 Å². The van der Waals surface area contributed by atoms with Gasteiger partial charge in [-0.2, -0.15) is 0 Å². The average molecular weight is 475 g/mol. The highest BCUT2D eigenvalue weighted by molar-refractivity contribution is 5.88. The maximum atomic E-state index is 12.1. The molecule has 0 saturated heterocycles. The van der Waals surface area contributed by atoms with E-state index in [-0.39, 0.29) is 18.1 Å². The van der Waals surface area contributed by atoms with Gasteiger partial charge in [-0.15, -0.1) is 6.58 Å². The average Bonchev–Trinajstić information content (AvgIpc) is 2.81. The van der Waals surface area contributed by atoms with E-state index in [1.807, 2.05) is 65.0 Å². The summed E-state index contributed by atoms with van der Waals surface area (Å²) in [6, 6.07) is 5.73. The predicted octanol–water partition coefficient (Wildman–Crippen LogP) is 4.95. The van der Waals surface area contributed by atoms with Gasteiger partial charge in [-0.05, 0) is 45.4 Å². The Bertz CT molecular complexity index is 914. The smallest absolute Gasteiger partial charge is 0.337 e.